The molecule has 0 aliphatic heterocycles. The minimum Gasteiger partial charge on any atom is -0.481 e. The van der Waals surface area contributed by atoms with Gasteiger partial charge < -0.3 is 5.11 Å². The van der Waals surface area contributed by atoms with Gasteiger partial charge in [-0.15, -0.1) is 11.3 Å². The smallest absolute Gasteiger partial charge is 0.307 e. The topological polar surface area (TPSA) is 54.4 Å². The first-order valence-electron chi connectivity index (χ1n) is 5.92. The predicted molar refractivity (Wildman–Crippen MR) is 66.5 cm³/mol. The highest BCUT2D eigenvalue weighted by Gasteiger charge is 2.36. The fourth-order valence-corrected chi connectivity index (χ4v) is 3.46. The maximum absolute atomic E-state index is 12.3. The van der Waals surface area contributed by atoms with Crippen LogP contribution in [0.1, 0.15) is 40.9 Å². The molecule has 0 saturated heterocycles. The SMILES string of the molecule is Cc1ccsc1C(=O)C1CCCCC1C(=O)O. The average Bonchev–Trinajstić information content (AvgIpc) is 2.74. The fraction of sp³-hybridized carbons (Fsp3) is 0.538. The van der Waals surface area contributed by atoms with E-state index in [9.17, 15) is 14.7 Å². The van der Waals surface area contributed by atoms with Gasteiger partial charge >= 0.3 is 5.97 Å². The van der Waals surface area contributed by atoms with Crippen molar-refractivity contribution in [2.45, 2.75) is 32.6 Å². The molecule has 1 aromatic heterocycles. The zero-order valence-electron chi connectivity index (χ0n) is 9.81. The molecule has 0 aromatic carbocycles. The summed E-state index contributed by atoms with van der Waals surface area (Å²) < 4.78 is 0. The molecule has 2 unspecified atom stereocenters. The number of carbonyl (C=O) groups is 2. The first kappa shape index (κ1) is 12.3. The van der Waals surface area contributed by atoms with Crippen molar-refractivity contribution in [3.8, 4) is 0 Å². The van der Waals surface area contributed by atoms with E-state index >= 15 is 0 Å². The first-order chi connectivity index (χ1) is 8.11. The van der Waals surface area contributed by atoms with Crippen molar-refractivity contribution in [3.63, 3.8) is 0 Å². The number of aliphatic carboxylic acids is 1. The Hall–Kier alpha value is -1.16. The molecule has 4 heteroatoms. The quantitative estimate of drug-likeness (QED) is 0.841. The Morgan fingerprint density at radius 2 is 1.94 bits per heavy atom. The number of thiophene rings is 1. The van der Waals surface area contributed by atoms with E-state index in [1.165, 1.54) is 11.3 Å². The van der Waals surface area contributed by atoms with Crippen molar-refractivity contribution in [1.82, 2.24) is 0 Å². The third kappa shape index (κ3) is 2.41. The number of hydrogen-bond acceptors (Lipinski definition) is 3. The summed E-state index contributed by atoms with van der Waals surface area (Å²) in [7, 11) is 0. The van der Waals surface area contributed by atoms with Crippen LogP contribution in [0.25, 0.3) is 0 Å². The second kappa shape index (κ2) is 5.00. The van der Waals surface area contributed by atoms with E-state index in [4.69, 9.17) is 0 Å². The lowest BCUT2D eigenvalue weighted by Crippen LogP contribution is -2.32. The minimum absolute atomic E-state index is 0.0320. The van der Waals surface area contributed by atoms with Gasteiger partial charge in [0.25, 0.3) is 0 Å². The molecule has 92 valence electrons. The summed E-state index contributed by atoms with van der Waals surface area (Å²) >= 11 is 1.42. The van der Waals surface area contributed by atoms with E-state index in [2.05, 4.69) is 0 Å². The van der Waals surface area contributed by atoms with E-state index < -0.39 is 11.9 Å². The number of hydrogen-bond donors (Lipinski definition) is 1. The van der Waals surface area contributed by atoms with Gasteiger partial charge in [0.1, 0.15) is 0 Å². The van der Waals surface area contributed by atoms with Crippen LogP contribution in [0.3, 0.4) is 0 Å². The van der Waals surface area contributed by atoms with Crippen LogP contribution in [0.15, 0.2) is 11.4 Å². The zero-order valence-corrected chi connectivity index (χ0v) is 10.6. The molecule has 0 radical (unpaired) electrons. The molecule has 1 heterocycles. The van der Waals surface area contributed by atoms with Gasteiger partial charge in [-0.1, -0.05) is 12.8 Å². The number of carboxylic acid groups (broad SMARTS) is 1. The summed E-state index contributed by atoms with van der Waals surface area (Å²) in [5, 5.41) is 11.1. The van der Waals surface area contributed by atoms with Crippen molar-refractivity contribution in [1.29, 1.82) is 0 Å². The lowest BCUT2D eigenvalue weighted by molar-refractivity contribution is -0.144. The standard InChI is InChI=1S/C13H16O3S/c1-8-6-7-17-12(8)11(14)9-4-2-3-5-10(9)13(15)16/h6-7,9-10H,2-5H2,1H3,(H,15,16). The highest BCUT2D eigenvalue weighted by Crippen LogP contribution is 2.34. The fourth-order valence-electron chi connectivity index (χ4n) is 2.53. The Kier molecular flexibility index (Phi) is 3.62. The summed E-state index contributed by atoms with van der Waals surface area (Å²) in [4.78, 5) is 24.3. The number of aryl methyl sites for hydroxylation is 1. The van der Waals surface area contributed by atoms with Crippen LogP contribution in [-0.4, -0.2) is 16.9 Å². The van der Waals surface area contributed by atoms with Crippen molar-refractivity contribution in [2.75, 3.05) is 0 Å². The highest BCUT2D eigenvalue weighted by atomic mass is 32.1. The summed E-state index contributed by atoms with van der Waals surface area (Å²) in [5.41, 5.74) is 0.967. The number of carbonyl (C=O) groups excluding carboxylic acids is 1. The molecule has 1 saturated carbocycles. The second-order valence-electron chi connectivity index (χ2n) is 4.63. The molecule has 0 bridgehead atoms. The van der Waals surface area contributed by atoms with Crippen molar-refractivity contribution >= 4 is 23.1 Å². The Labute approximate surface area is 104 Å². The molecule has 0 spiro atoms. The van der Waals surface area contributed by atoms with Crippen LogP contribution in [0.5, 0.6) is 0 Å². The van der Waals surface area contributed by atoms with Crippen LogP contribution in [0.2, 0.25) is 0 Å². The van der Waals surface area contributed by atoms with E-state index in [0.29, 0.717) is 12.8 Å². The largest absolute Gasteiger partial charge is 0.481 e. The molecule has 17 heavy (non-hydrogen) atoms. The van der Waals surface area contributed by atoms with Crippen LogP contribution in [-0.2, 0) is 4.79 Å². The molecular weight excluding hydrogens is 236 g/mol. The Morgan fingerprint density at radius 1 is 1.29 bits per heavy atom. The van der Waals surface area contributed by atoms with Crippen LogP contribution in [0.4, 0.5) is 0 Å². The van der Waals surface area contributed by atoms with Gasteiger partial charge in [-0.2, -0.15) is 0 Å². The number of rotatable bonds is 3. The van der Waals surface area contributed by atoms with Gasteiger partial charge in [-0.25, -0.2) is 0 Å². The van der Waals surface area contributed by atoms with Crippen LogP contribution in [0, 0.1) is 18.8 Å². The van der Waals surface area contributed by atoms with Gasteiger partial charge in [-0.05, 0) is 36.8 Å². The third-order valence-electron chi connectivity index (χ3n) is 3.51. The molecular formula is C13H16O3S. The third-order valence-corrected chi connectivity index (χ3v) is 4.54. The van der Waals surface area contributed by atoms with Gasteiger partial charge in [0.2, 0.25) is 0 Å². The monoisotopic (exact) mass is 252 g/mol. The van der Waals surface area contributed by atoms with Crippen LogP contribution < -0.4 is 0 Å². The van der Waals surface area contributed by atoms with Crippen molar-refractivity contribution in [3.05, 3.63) is 21.9 Å². The molecule has 1 fully saturated rings. The number of carboxylic acids is 1. The lowest BCUT2D eigenvalue weighted by atomic mass is 9.76. The van der Waals surface area contributed by atoms with Gasteiger partial charge in [-0.3, -0.25) is 9.59 Å². The Morgan fingerprint density at radius 3 is 2.47 bits per heavy atom. The molecule has 1 aliphatic carbocycles. The highest BCUT2D eigenvalue weighted by molar-refractivity contribution is 7.12. The minimum atomic E-state index is -0.822. The molecule has 1 N–H and O–H groups in total. The summed E-state index contributed by atoms with van der Waals surface area (Å²) in [6, 6.07) is 1.91. The van der Waals surface area contributed by atoms with Gasteiger partial charge in [0.05, 0.1) is 10.8 Å². The number of ketones is 1. The van der Waals surface area contributed by atoms with Gasteiger partial charge in [0.15, 0.2) is 5.78 Å². The molecule has 0 amide bonds. The predicted octanol–water partition coefficient (Wildman–Crippen LogP) is 3.13. The lowest BCUT2D eigenvalue weighted by Gasteiger charge is -2.27. The summed E-state index contributed by atoms with van der Waals surface area (Å²) in [6.45, 7) is 1.91. The summed E-state index contributed by atoms with van der Waals surface area (Å²) in [6.07, 6.45) is 3.23. The van der Waals surface area contributed by atoms with Crippen molar-refractivity contribution in [2.24, 2.45) is 11.8 Å². The molecule has 2 rings (SSSR count). The van der Waals surface area contributed by atoms with Crippen LogP contribution >= 0.6 is 11.3 Å². The van der Waals surface area contributed by atoms with E-state index in [1.807, 2.05) is 18.4 Å². The molecule has 2 atom stereocenters. The summed E-state index contributed by atoms with van der Waals surface area (Å²) in [5.74, 6) is -1.60. The normalized spacial score (nSPS) is 24.5. The van der Waals surface area contributed by atoms with E-state index in [1.54, 1.807) is 0 Å². The second-order valence-corrected chi connectivity index (χ2v) is 5.55. The molecule has 1 aromatic rings. The average molecular weight is 252 g/mol. The van der Waals surface area contributed by atoms with E-state index in [-0.39, 0.29) is 11.7 Å². The zero-order chi connectivity index (χ0) is 12.4. The van der Waals surface area contributed by atoms with Gasteiger partial charge in [0, 0.05) is 5.92 Å². The molecule has 3 nitrogen and oxygen atoms in total. The maximum Gasteiger partial charge on any atom is 0.307 e. The Bertz CT molecular complexity index is 436. The van der Waals surface area contributed by atoms with E-state index in [0.717, 1.165) is 23.3 Å². The maximum atomic E-state index is 12.3. The molecule has 1 aliphatic rings. The number of Topliss-reactive ketones (excluding diaryl/α,β-unsaturated/α-hetero) is 1. The first-order valence-corrected chi connectivity index (χ1v) is 6.80. The van der Waals surface area contributed by atoms with Crippen molar-refractivity contribution < 1.29 is 14.7 Å². The Balaban J connectivity index is 2.23.